The molecule has 0 aromatic heterocycles. The predicted octanol–water partition coefficient (Wildman–Crippen LogP) is 2.87. The van der Waals surface area contributed by atoms with Gasteiger partial charge in [-0.3, -0.25) is 0 Å². The van der Waals surface area contributed by atoms with Gasteiger partial charge in [-0.2, -0.15) is 0 Å². The second-order valence-electron chi connectivity index (χ2n) is 6.46. The molecule has 2 aromatic rings. The van der Waals surface area contributed by atoms with Crippen molar-refractivity contribution in [2.45, 2.75) is 30.2 Å². The van der Waals surface area contributed by atoms with Crippen LogP contribution in [0.25, 0.3) is 0 Å². The van der Waals surface area contributed by atoms with Crippen molar-refractivity contribution in [3.63, 3.8) is 0 Å². The van der Waals surface area contributed by atoms with Gasteiger partial charge in [0.05, 0.1) is 10.4 Å². The molecule has 5 nitrogen and oxygen atoms in total. The highest BCUT2D eigenvalue weighted by Crippen LogP contribution is 2.48. The Morgan fingerprint density at radius 2 is 1.76 bits per heavy atom. The van der Waals surface area contributed by atoms with E-state index in [1.807, 2.05) is 12.1 Å². The minimum Gasteiger partial charge on any atom is -0.486 e. The summed E-state index contributed by atoms with van der Waals surface area (Å²) in [7, 11) is -3.75. The Morgan fingerprint density at radius 3 is 2.44 bits per heavy atom. The van der Waals surface area contributed by atoms with E-state index >= 15 is 0 Å². The van der Waals surface area contributed by atoms with E-state index < -0.39 is 21.4 Å². The molecule has 4 rings (SSSR count). The van der Waals surface area contributed by atoms with Gasteiger partial charge in [0.2, 0.25) is 10.0 Å². The molecule has 0 atom stereocenters. The SMILES string of the molecule is Cc1cc(S(=O)(=O)NC2(c3ccc4c(c3)OCCO4)CC2)ccc1F. The monoisotopic (exact) mass is 363 g/mol. The highest BCUT2D eigenvalue weighted by molar-refractivity contribution is 7.89. The van der Waals surface area contributed by atoms with E-state index in [4.69, 9.17) is 9.47 Å². The number of benzene rings is 2. The van der Waals surface area contributed by atoms with Crippen LogP contribution >= 0.6 is 0 Å². The molecule has 2 aromatic carbocycles. The van der Waals surface area contributed by atoms with E-state index in [1.54, 1.807) is 13.0 Å². The summed E-state index contributed by atoms with van der Waals surface area (Å²) in [4.78, 5) is 0.0650. The van der Waals surface area contributed by atoms with Crippen LogP contribution in [0.15, 0.2) is 41.3 Å². The van der Waals surface area contributed by atoms with Gasteiger partial charge >= 0.3 is 0 Å². The first-order valence-electron chi connectivity index (χ1n) is 8.10. The zero-order chi connectivity index (χ0) is 17.7. The van der Waals surface area contributed by atoms with Gasteiger partial charge in [-0.1, -0.05) is 6.07 Å². The molecular weight excluding hydrogens is 345 g/mol. The van der Waals surface area contributed by atoms with Gasteiger partial charge in [0.25, 0.3) is 0 Å². The smallest absolute Gasteiger partial charge is 0.241 e. The van der Waals surface area contributed by atoms with Crippen molar-refractivity contribution in [1.82, 2.24) is 4.72 Å². The molecule has 0 radical (unpaired) electrons. The third-order valence-electron chi connectivity index (χ3n) is 4.61. The molecule has 1 aliphatic heterocycles. The Labute approximate surface area is 145 Å². The maximum absolute atomic E-state index is 13.4. The van der Waals surface area contributed by atoms with Crippen LogP contribution in [0.2, 0.25) is 0 Å². The summed E-state index contributed by atoms with van der Waals surface area (Å²) < 4.78 is 52.7. The number of nitrogens with one attached hydrogen (secondary N) is 1. The van der Waals surface area contributed by atoms with Crippen LogP contribution in [-0.4, -0.2) is 21.6 Å². The van der Waals surface area contributed by atoms with Gasteiger partial charge in [0, 0.05) is 0 Å². The van der Waals surface area contributed by atoms with E-state index in [9.17, 15) is 12.8 Å². The highest BCUT2D eigenvalue weighted by Gasteiger charge is 2.48. The standard InChI is InChI=1S/C18H18FNO4S/c1-12-10-14(3-4-15(12)19)25(21,22)20-18(6-7-18)13-2-5-16-17(11-13)24-9-8-23-16/h2-5,10-11,20H,6-9H2,1H3. The lowest BCUT2D eigenvalue weighted by molar-refractivity contribution is 0.171. The Balaban J connectivity index is 1.64. The first-order chi connectivity index (χ1) is 11.9. The van der Waals surface area contributed by atoms with Crippen LogP contribution in [0.4, 0.5) is 4.39 Å². The average Bonchev–Trinajstić information content (AvgIpc) is 3.37. The summed E-state index contributed by atoms with van der Waals surface area (Å²) >= 11 is 0. The molecule has 2 aliphatic rings. The van der Waals surface area contributed by atoms with Gasteiger partial charge in [-0.15, -0.1) is 0 Å². The lowest BCUT2D eigenvalue weighted by atomic mass is 10.1. The number of hydrogen-bond acceptors (Lipinski definition) is 4. The van der Waals surface area contributed by atoms with Crippen LogP contribution in [-0.2, 0) is 15.6 Å². The fourth-order valence-corrected chi connectivity index (χ4v) is 4.55. The van der Waals surface area contributed by atoms with E-state index in [2.05, 4.69) is 4.72 Å². The lowest BCUT2D eigenvalue weighted by Crippen LogP contribution is -2.35. The van der Waals surface area contributed by atoms with E-state index in [-0.39, 0.29) is 4.90 Å². The molecule has 1 heterocycles. The molecule has 0 saturated heterocycles. The Kier molecular flexibility index (Phi) is 3.73. The van der Waals surface area contributed by atoms with Crippen molar-refractivity contribution in [2.75, 3.05) is 13.2 Å². The summed E-state index contributed by atoms with van der Waals surface area (Å²) in [5.74, 6) is 0.876. The van der Waals surface area contributed by atoms with Gasteiger partial charge < -0.3 is 9.47 Å². The maximum Gasteiger partial charge on any atom is 0.241 e. The van der Waals surface area contributed by atoms with Crippen molar-refractivity contribution in [3.8, 4) is 11.5 Å². The van der Waals surface area contributed by atoms with Crippen LogP contribution in [0.3, 0.4) is 0 Å². The molecule has 7 heteroatoms. The molecule has 1 fully saturated rings. The molecule has 25 heavy (non-hydrogen) atoms. The summed E-state index contributed by atoms with van der Waals surface area (Å²) in [6, 6.07) is 9.30. The fourth-order valence-electron chi connectivity index (χ4n) is 3.02. The second-order valence-corrected chi connectivity index (χ2v) is 8.14. The number of aryl methyl sites for hydroxylation is 1. The second kappa shape index (κ2) is 5.71. The number of sulfonamides is 1. The third-order valence-corrected chi connectivity index (χ3v) is 6.15. The van der Waals surface area contributed by atoms with Crippen molar-refractivity contribution in [3.05, 3.63) is 53.3 Å². The normalized spacial score (nSPS) is 18.0. The van der Waals surface area contributed by atoms with Crippen LogP contribution < -0.4 is 14.2 Å². The molecule has 1 saturated carbocycles. The van der Waals surface area contributed by atoms with Gasteiger partial charge in [-0.05, 0) is 61.2 Å². The summed E-state index contributed by atoms with van der Waals surface area (Å²) in [5, 5.41) is 0. The van der Waals surface area contributed by atoms with E-state index in [0.29, 0.717) is 43.1 Å². The first-order valence-corrected chi connectivity index (χ1v) is 9.58. The molecule has 1 N–H and O–H groups in total. The number of hydrogen-bond donors (Lipinski definition) is 1. The van der Waals surface area contributed by atoms with Gasteiger partial charge in [0.15, 0.2) is 11.5 Å². The minimum atomic E-state index is -3.75. The van der Waals surface area contributed by atoms with Crippen LogP contribution in [0.1, 0.15) is 24.0 Å². The number of fused-ring (bicyclic) bond motifs is 1. The predicted molar refractivity (Wildman–Crippen MR) is 89.8 cm³/mol. The van der Waals surface area contributed by atoms with Gasteiger partial charge in [-0.25, -0.2) is 17.5 Å². The van der Waals surface area contributed by atoms with Crippen molar-refractivity contribution < 1.29 is 22.3 Å². The summed E-state index contributed by atoms with van der Waals surface area (Å²) in [6.07, 6.45) is 1.40. The zero-order valence-electron chi connectivity index (χ0n) is 13.7. The van der Waals surface area contributed by atoms with Crippen molar-refractivity contribution in [2.24, 2.45) is 0 Å². The molecule has 0 unspecified atom stereocenters. The summed E-state index contributed by atoms with van der Waals surface area (Å²) in [5.41, 5.74) is 0.503. The Morgan fingerprint density at radius 1 is 1.04 bits per heavy atom. The molecule has 0 bridgehead atoms. The topological polar surface area (TPSA) is 64.6 Å². The molecule has 0 spiro atoms. The largest absolute Gasteiger partial charge is 0.486 e. The average molecular weight is 363 g/mol. The molecule has 132 valence electrons. The van der Waals surface area contributed by atoms with Gasteiger partial charge in [0.1, 0.15) is 19.0 Å². The quantitative estimate of drug-likeness (QED) is 0.907. The minimum absolute atomic E-state index is 0.0650. The Bertz CT molecular complexity index is 938. The van der Waals surface area contributed by atoms with E-state index in [1.165, 1.54) is 18.2 Å². The number of halogens is 1. The van der Waals surface area contributed by atoms with E-state index in [0.717, 1.165) is 5.56 Å². The number of rotatable bonds is 4. The fraction of sp³-hybridized carbons (Fsp3) is 0.333. The molecule has 0 amide bonds. The van der Waals surface area contributed by atoms with Crippen LogP contribution in [0, 0.1) is 12.7 Å². The molecule has 1 aliphatic carbocycles. The zero-order valence-corrected chi connectivity index (χ0v) is 14.5. The Hall–Kier alpha value is -2.12. The maximum atomic E-state index is 13.4. The molecular formula is C18H18FNO4S. The highest BCUT2D eigenvalue weighted by atomic mass is 32.2. The van der Waals surface area contributed by atoms with Crippen LogP contribution in [0.5, 0.6) is 11.5 Å². The lowest BCUT2D eigenvalue weighted by Gasteiger charge is -2.22. The first kappa shape index (κ1) is 16.4. The van der Waals surface area contributed by atoms with Crippen molar-refractivity contribution >= 4 is 10.0 Å². The summed E-state index contributed by atoms with van der Waals surface area (Å²) in [6.45, 7) is 2.53. The number of ether oxygens (including phenoxy) is 2. The van der Waals surface area contributed by atoms with Crippen molar-refractivity contribution in [1.29, 1.82) is 0 Å². The third kappa shape index (κ3) is 2.98.